The number of pyridine rings is 1. The van der Waals surface area contributed by atoms with E-state index < -0.39 is 0 Å². The van der Waals surface area contributed by atoms with Crippen LogP contribution < -0.4 is 5.73 Å². The van der Waals surface area contributed by atoms with Crippen molar-refractivity contribution in [3.63, 3.8) is 0 Å². The molecule has 0 aliphatic rings. The van der Waals surface area contributed by atoms with Crippen molar-refractivity contribution in [2.45, 2.75) is 19.4 Å². The summed E-state index contributed by atoms with van der Waals surface area (Å²) in [5, 5.41) is 14.2. The van der Waals surface area contributed by atoms with Gasteiger partial charge in [0.25, 0.3) is 0 Å². The highest BCUT2D eigenvalue weighted by molar-refractivity contribution is 5.92. The Morgan fingerprint density at radius 3 is 2.74 bits per heavy atom. The normalized spacial score (nSPS) is 12.0. The first kappa shape index (κ1) is 17.0. The van der Waals surface area contributed by atoms with E-state index in [2.05, 4.69) is 16.2 Å². The quantitative estimate of drug-likeness (QED) is 0.590. The monoisotopic (exact) mass is 354 g/mol. The minimum atomic E-state index is -0.254. The Morgan fingerprint density at radius 2 is 1.93 bits per heavy atom. The molecule has 5 heteroatoms. The lowest BCUT2D eigenvalue weighted by Gasteiger charge is -2.16. The second-order valence-electron chi connectivity index (χ2n) is 6.52. The molecule has 0 aliphatic carbocycles. The molecule has 2 aromatic heterocycles. The molecule has 1 atom stereocenters. The maximum Gasteiger partial charge on any atom is 0.167 e. The summed E-state index contributed by atoms with van der Waals surface area (Å²) in [7, 11) is 0. The molecule has 4 aromatic rings. The number of hydrogen-bond acceptors (Lipinski definition) is 5. The van der Waals surface area contributed by atoms with E-state index >= 15 is 0 Å². The van der Waals surface area contributed by atoms with Crippen LogP contribution in [0.5, 0.6) is 0 Å². The molecule has 27 heavy (non-hydrogen) atoms. The Hall–Kier alpha value is -3.49. The number of aromatic nitrogens is 2. The highest BCUT2D eigenvalue weighted by atomic mass is 16.5. The van der Waals surface area contributed by atoms with Crippen molar-refractivity contribution in [2.75, 3.05) is 0 Å². The van der Waals surface area contributed by atoms with Gasteiger partial charge in [-0.3, -0.25) is 4.98 Å². The molecule has 2 N–H and O–H groups in total. The average molecular weight is 354 g/mol. The van der Waals surface area contributed by atoms with Gasteiger partial charge in [0.2, 0.25) is 0 Å². The molecule has 1 unspecified atom stereocenters. The molecule has 2 heterocycles. The summed E-state index contributed by atoms with van der Waals surface area (Å²) in [5.74, 6) is 0. The number of nitriles is 1. The van der Waals surface area contributed by atoms with Gasteiger partial charge in [0.1, 0.15) is 11.8 Å². The topological polar surface area (TPSA) is 88.7 Å². The highest BCUT2D eigenvalue weighted by Crippen LogP contribution is 2.33. The first-order valence-corrected chi connectivity index (χ1v) is 8.72. The van der Waals surface area contributed by atoms with Crippen LogP contribution in [0.4, 0.5) is 0 Å². The van der Waals surface area contributed by atoms with E-state index in [9.17, 15) is 0 Å². The Bertz CT molecular complexity index is 1160. The van der Waals surface area contributed by atoms with E-state index in [-0.39, 0.29) is 6.04 Å². The number of rotatable bonds is 4. The Labute approximate surface area is 157 Å². The zero-order valence-electron chi connectivity index (χ0n) is 14.9. The van der Waals surface area contributed by atoms with Crippen molar-refractivity contribution in [1.29, 1.82) is 5.26 Å². The summed E-state index contributed by atoms with van der Waals surface area (Å²) < 4.78 is 5.47. The first-order chi connectivity index (χ1) is 13.2. The average Bonchev–Trinajstić information content (AvgIpc) is 3.13. The van der Waals surface area contributed by atoms with Crippen molar-refractivity contribution in [1.82, 2.24) is 10.1 Å². The summed E-state index contributed by atoms with van der Waals surface area (Å²) in [4.78, 5) is 4.42. The zero-order valence-corrected chi connectivity index (χ0v) is 14.9. The van der Waals surface area contributed by atoms with Crippen molar-refractivity contribution >= 4 is 11.0 Å². The number of fused-ring (bicyclic) bond motifs is 1. The lowest BCUT2D eigenvalue weighted by atomic mass is 9.93. The van der Waals surface area contributed by atoms with Crippen molar-refractivity contribution in [3.05, 3.63) is 83.2 Å². The molecule has 0 bridgehead atoms. The maximum absolute atomic E-state index is 9.01. The molecule has 4 rings (SSSR count). The predicted molar refractivity (Wildman–Crippen MR) is 104 cm³/mol. The van der Waals surface area contributed by atoms with Gasteiger partial charge in [-0.2, -0.15) is 5.26 Å². The fraction of sp³-hybridized carbons (Fsp3) is 0.136. The van der Waals surface area contributed by atoms with Gasteiger partial charge in [-0.05, 0) is 36.2 Å². The molecule has 0 radical (unpaired) electrons. The van der Waals surface area contributed by atoms with Gasteiger partial charge in [0.15, 0.2) is 5.58 Å². The largest absolute Gasteiger partial charge is 0.356 e. The van der Waals surface area contributed by atoms with Gasteiger partial charge in [0, 0.05) is 35.3 Å². The van der Waals surface area contributed by atoms with Crippen LogP contribution in [0.25, 0.3) is 22.2 Å². The van der Waals surface area contributed by atoms with E-state index in [1.165, 1.54) is 0 Å². The van der Waals surface area contributed by atoms with E-state index in [1.807, 2.05) is 61.5 Å². The smallest absolute Gasteiger partial charge is 0.167 e. The molecule has 2 aromatic carbocycles. The Balaban J connectivity index is 1.72. The minimum Gasteiger partial charge on any atom is -0.356 e. The lowest BCUT2D eigenvalue weighted by molar-refractivity contribution is 0.459. The van der Waals surface area contributed by atoms with Gasteiger partial charge < -0.3 is 10.3 Å². The third-order valence-electron chi connectivity index (χ3n) is 4.72. The van der Waals surface area contributed by atoms with Gasteiger partial charge in [0.05, 0.1) is 5.56 Å². The van der Waals surface area contributed by atoms with E-state index in [0.717, 1.165) is 39.0 Å². The van der Waals surface area contributed by atoms with Crippen LogP contribution in [-0.4, -0.2) is 10.1 Å². The number of para-hydroxylation sites is 1. The molecule has 0 saturated carbocycles. The number of aryl methyl sites for hydroxylation is 1. The predicted octanol–water partition coefficient (Wildman–Crippen LogP) is 4.31. The maximum atomic E-state index is 9.01. The third kappa shape index (κ3) is 3.19. The van der Waals surface area contributed by atoms with Crippen LogP contribution in [0.3, 0.4) is 0 Å². The number of nitrogens with zero attached hydrogens (tertiary/aromatic N) is 3. The lowest BCUT2D eigenvalue weighted by Crippen LogP contribution is -2.16. The summed E-state index contributed by atoms with van der Waals surface area (Å²) in [6.45, 7) is 1.95. The molecule has 5 nitrogen and oxygen atoms in total. The molecule has 132 valence electrons. The molecule has 0 saturated heterocycles. The highest BCUT2D eigenvalue weighted by Gasteiger charge is 2.18. The van der Waals surface area contributed by atoms with E-state index in [1.54, 1.807) is 6.20 Å². The molecule has 0 aliphatic heterocycles. The molecule has 0 amide bonds. The second kappa shape index (κ2) is 7.02. The summed E-state index contributed by atoms with van der Waals surface area (Å²) in [5.41, 5.74) is 12.5. The van der Waals surface area contributed by atoms with Crippen LogP contribution in [0.15, 0.2) is 65.3 Å². The Kier molecular flexibility index (Phi) is 4.41. The summed E-state index contributed by atoms with van der Waals surface area (Å²) in [6, 6.07) is 19.5. The van der Waals surface area contributed by atoms with Crippen LogP contribution in [-0.2, 0) is 6.42 Å². The molecular weight excluding hydrogens is 336 g/mol. The fourth-order valence-electron chi connectivity index (χ4n) is 3.31. The van der Waals surface area contributed by atoms with Crippen molar-refractivity contribution < 1.29 is 4.52 Å². The standard InChI is InChI=1S/C22H18N4O/c1-14-10-15(12-23)13-25-20(14)11-19(24)16-6-2-3-7-17(16)22-18-8-4-5-9-21(18)27-26-22/h2-10,13,19H,11,24H2,1H3. The minimum absolute atomic E-state index is 0.254. The zero-order chi connectivity index (χ0) is 18.8. The SMILES string of the molecule is Cc1cc(C#N)cnc1CC(N)c1ccccc1-c1noc2ccccc12. The van der Waals surface area contributed by atoms with Crippen molar-refractivity contribution in [3.8, 4) is 17.3 Å². The fourth-order valence-corrected chi connectivity index (χ4v) is 3.31. The van der Waals surface area contributed by atoms with Crippen LogP contribution in [0.1, 0.15) is 28.4 Å². The number of hydrogen-bond donors (Lipinski definition) is 1. The van der Waals surface area contributed by atoms with Crippen LogP contribution in [0.2, 0.25) is 0 Å². The van der Waals surface area contributed by atoms with Gasteiger partial charge in [-0.1, -0.05) is 41.6 Å². The van der Waals surface area contributed by atoms with Gasteiger partial charge in [-0.25, -0.2) is 0 Å². The van der Waals surface area contributed by atoms with Crippen LogP contribution in [0, 0.1) is 18.3 Å². The van der Waals surface area contributed by atoms with Gasteiger partial charge >= 0.3 is 0 Å². The third-order valence-corrected chi connectivity index (χ3v) is 4.72. The molecule has 0 spiro atoms. The second-order valence-corrected chi connectivity index (χ2v) is 6.52. The summed E-state index contributed by atoms with van der Waals surface area (Å²) in [6.07, 6.45) is 2.16. The van der Waals surface area contributed by atoms with E-state index in [4.69, 9.17) is 15.5 Å². The Morgan fingerprint density at radius 1 is 1.15 bits per heavy atom. The number of benzene rings is 2. The molecule has 0 fully saturated rings. The summed E-state index contributed by atoms with van der Waals surface area (Å²) >= 11 is 0. The first-order valence-electron chi connectivity index (χ1n) is 8.72. The van der Waals surface area contributed by atoms with Crippen LogP contribution >= 0.6 is 0 Å². The van der Waals surface area contributed by atoms with E-state index in [0.29, 0.717) is 12.0 Å². The van der Waals surface area contributed by atoms with Gasteiger partial charge in [-0.15, -0.1) is 0 Å². The van der Waals surface area contributed by atoms with Crippen molar-refractivity contribution in [2.24, 2.45) is 5.73 Å². The number of nitrogens with two attached hydrogens (primary N) is 1. The molecular formula is C22H18N4O.